The normalized spacial score (nSPS) is 16.6. The van der Waals surface area contributed by atoms with Crippen molar-refractivity contribution < 1.29 is 13.9 Å². The maximum absolute atomic E-state index is 13.3. The number of aromatic nitrogens is 3. The van der Waals surface area contributed by atoms with Crippen molar-refractivity contribution in [2.45, 2.75) is 25.9 Å². The summed E-state index contributed by atoms with van der Waals surface area (Å²) in [6.45, 7) is 3.02. The van der Waals surface area contributed by atoms with Crippen LogP contribution < -0.4 is 5.32 Å². The summed E-state index contributed by atoms with van der Waals surface area (Å²) in [5.74, 6) is 0.105. The molecule has 1 aliphatic rings. The molecule has 2 aromatic heterocycles. The maximum atomic E-state index is 13.3. The molecule has 1 amide bonds. The molecule has 27 heavy (non-hydrogen) atoms. The number of ether oxygens (including phenoxy) is 1. The van der Waals surface area contributed by atoms with E-state index in [1.54, 1.807) is 23.7 Å². The van der Waals surface area contributed by atoms with Crippen molar-refractivity contribution in [1.29, 1.82) is 0 Å². The average Bonchev–Trinajstić information content (AvgIpc) is 3.41. The minimum absolute atomic E-state index is 0.0661. The first kappa shape index (κ1) is 17.5. The summed E-state index contributed by atoms with van der Waals surface area (Å²) < 4.78 is 22.4. The first-order chi connectivity index (χ1) is 13.1. The van der Waals surface area contributed by atoms with Gasteiger partial charge in [-0.1, -0.05) is 0 Å². The topological polar surface area (TPSA) is 61.1 Å². The summed E-state index contributed by atoms with van der Waals surface area (Å²) in [6, 6.07) is 9.80. The van der Waals surface area contributed by atoms with Crippen LogP contribution in [0.15, 0.2) is 48.8 Å². The molecule has 0 aliphatic carbocycles. The van der Waals surface area contributed by atoms with Crippen molar-refractivity contribution in [3.63, 3.8) is 0 Å². The molecule has 3 heterocycles. The molecule has 0 saturated carbocycles. The van der Waals surface area contributed by atoms with Crippen molar-refractivity contribution in [3.8, 4) is 11.5 Å². The van der Waals surface area contributed by atoms with Gasteiger partial charge in [0.2, 0.25) is 0 Å². The number of rotatable bonds is 5. The Balaban J connectivity index is 1.72. The van der Waals surface area contributed by atoms with Crippen LogP contribution in [0.4, 0.5) is 4.39 Å². The zero-order valence-corrected chi connectivity index (χ0v) is 15.1. The molecule has 1 aliphatic heterocycles. The Bertz CT molecular complexity index is 926. The summed E-state index contributed by atoms with van der Waals surface area (Å²) in [6.07, 6.45) is 5.76. The third-order valence-electron chi connectivity index (χ3n) is 4.70. The van der Waals surface area contributed by atoms with Crippen molar-refractivity contribution in [1.82, 2.24) is 19.7 Å². The molecule has 3 aromatic rings. The van der Waals surface area contributed by atoms with Gasteiger partial charge in [0.1, 0.15) is 11.4 Å². The SMILES string of the molecule is Cc1nn(-c2ccc(F)cc2)c(-n2cccc2)c1C(=O)NC[C@H]1CCCO1. The molecule has 1 N–H and O–H groups in total. The Labute approximate surface area is 156 Å². The van der Waals surface area contributed by atoms with Crippen LogP contribution in [0.5, 0.6) is 0 Å². The molecule has 7 heteroatoms. The van der Waals surface area contributed by atoms with Gasteiger partial charge in [0.05, 0.1) is 17.5 Å². The highest BCUT2D eigenvalue weighted by Crippen LogP contribution is 2.23. The second-order valence-electron chi connectivity index (χ2n) is 6.61. The second-order valence-corrected chi connectivity index (χ2v) is 6.61. The number of halogens is 1. The van der Waals surface area contributed by atoms with E-state index in [1.165, 1.54) is 12.1 Å². The highest BCUT2D eigenvalue weighted by atomic mass is 19.1. The molecule has 1 fully saturated rings. The van der Waals surface area contributed by atoms with Crippen LogP contribution >= 0.6 is 0 Å². The van der Waals surface area contributed by atoms with Crippen LogP contribution in [0.2, 0.25) is 0 Å². The van der Waals surface area contributed by atoms with E-state index < -0.39 is 0 Å². The van der Waals surface area contributed by atoms with Gasteiger partial charge in [-0.3, -0.25) is 4.79 Å². The molecule has 1 atom stereocenters. The zero-order valence-electron chi connectivity index (χ0n) is 15.1. The number of hydrogen-bond donors (Lipinski definition) is 1. The standard InChI is InChI=1S/C20H21FN4O2/c1-14-18(19(26)22-13-17-5-4-12-27-17)20(24-10-2-3-11-24)25(23-14)16-8-6-15(21)7-9-16/h2-3,6-11,17H,4-5,12-13H2,1H3,(H,22,26)/t17-/m1/s1. The highest BCUT2D eigenvalue weighted by Gasteiger charge is 2.25. The number of hydrogen-bond acceptors (Lipinski definition) is 3. The second kappa shape index (κ2) is 7.36. The van der Waals surface area contributed by atoms with E-state index in [0.29, 0.717) is 29.3 Å². The van der Waals surface area contributed by atoms with Gasteiger partial charge in [-0.2, -0.15) is 5.10 Å². The molecule has 1 saturated heterocycles. The number of benzene rings is 1. The Kier molecular flexibility index (Phi) is 4.77. The maximum Gasteiger partial charge on any atom is 0.257 e. The number of carbonyl (C=O) groups excluding carboxylic acids is 1. The van der Waals surface area contributed by atoms with Gasteiger partial charge in [-0.25, -0.2) is 9.07 Å². The van der Waals surface area contributed by atoms with Crippen LogP contribution in [0.25, 0.3) is 11.5 Å². The lowest BCUT2D eigenvalue weighted by Gasteiger charge is -2.13. The Morgan fingerprint density at radius 3 is 2.70 bits per heavy atom. The molecule has 0 spiro atoms. The molecule has 4 rings (SSSR count). The summed E-state index contributed by atoms with van der Waals surface area (Å²) in [5.41, 5.74) is 1.78. The molecule has 0 radical (unpaired) electrons. The number of nitrogens with one attached hydrogen (secondary N) is 1. The van der Waals surface area contributed by atoms with Crippen molar-refractivity contribution in [3.05, 3.63) is 65.9 Å². The average molecular weight is 368 g/mol. The predicted octanol–water partition coefficient (Wildman–Crippen LogP) is 3.02. The van der Waals surface area contributed by atoms with Gasteiger partial charge in [0, 0.05) is 25.5 Å². The van der Waals surface area contributed by atoms with E-state index in [4.69, 9.17) is 4.74 Å². The first-order valence-corrected chi connectivity index (χ1v) is 9.02. The van der Waals surface area contributed by atoms with Crippen molar-refractivity contribution in [2.75, 3.05) is 13.2 Å². The van der Waals surface area contributed by atoms with E-state index >= 15 is 0 Å². The summed E-state index contributed by atoms with van der Waals surface area (Å²) in [4.78, 5) is 12.9. The smallest absolute Gasteiger partial charge is 0.257 e. The highest BCUT2D eigenvalue weighted by molar-refractivity contribution is 5.98. The van der Waals surface area contributed by atoms with Crippen LogP contribution in [-0.4, -0.2) is 39.5 Å². The molecule has 1 aromatic carbocycles. The monoisotopic (exact) mass is 368 g/mol. The van der Waals surface area contributed by atoms with E-state index in [9.17, 15) is 9.18 Å². The molecular formula is C20H21FN4O2. The lowest BCUT2D eigenvalue weighted by Crippen LogP contribution is -2.32. The van der Waals surface area contributed by atoms with Gasteiger partial charge in [-0.15, -0.1) is 0 Å². The van der Waals surface area contributed by atoms with Crippen molar-refractivity contribution in [2.24, 2.45) is 0 Å². The zero-order chi connectivity index (χ0) is 18.8. The quantitative estimate of drug-likeness (QED) is 0.753. The van der Waals surface area contributed by atoms with Gasteiger partial charge >= 0.3 is 0 Å². The molecule has 0 bridgehead atoms. The van der Waals surface area contributed by atoms with Crippen molar-refractivity contribution >= 4 is 5.91 Å². The summed E-state index contributed by atoms with van der Waals surface area (Å²) in [7, 11) is 0. The molecular weight excluding hydrogens is 347 g/mol. The third-order valence-corrected chi connectivity index (χ3v) is 4.70. The van der Waals surface area contributed by atoms with E-state index in [0.717, 1.165) is 19.4 Å². The van der Waals surface area contributed by atoms with Gasteiger partial charge in [0.25, 0.3) is 5.91 Å². The lowest BCUT2D eigenvalue weighted by atomic mass is 10.2. The Morgan fingerprint density at radius 2 is 2.04 bits per heavy atom. The van der Waals surface area contributed by atoms with Crippen LogP contribution in [0, 0.1) is 12.7 Å². The van der Waals surface area contributed by atoms with Gasteiger partial charge in [0.15, 0.2) is 5.82 Å². The lowest BCUT2D eigenvalue weighted by molar-refractivity contribution is 0.0857. The minimum atomic E-state index is -0.320. The van der Waals surface area contributed by atoms with E-state index in [2.05, 4.69) is 10.4 Å². The number of carbonyl (C=O) groups is 1. The Morgan fingerprint density at radius 1 is 1.30 bits per heavy atom. The van der Waals surface area contributed by atoms with Gasteiger partial charge in [-0.05, 0) is 56.2 Å². The van der Waals surface area contributed by atoms with Crippen LogP contribution in [-0.2, 0) is 4.74 Å². The first-order valence-electron chi connectivity index (χ1n) is 9.02. The molecule has 6 nitrogen and oxygen atoms in total. The van der Waals surface area contributed by atoms with E-state index in [-0.39, 0.29) is 17.8 Å². The van der Waals surface area contributed by atoms with E-state index in [1.807, 2.05) is 29.1 Å². The fourth-order valence-corrected chi connectivity index (χ4v) is 3.36. The van der Waals surface area contributed by atoms with Crippen LogP contribution in [0.3, 0.4) is 0 Å². The molecule has 0 unspecified atom stereocenters. The van der Waals surface area contributed by atoms with Gasteiger partial charge < -0.3 is 14.6 Å². The summed E-state index contributed by atoms with van der Waals surface area (Å²) in [5, 5.41) is 7.52. The number of aryl methyl sites for hydroxylation is 1. The van der Waals surface area contributed by atoms with Crippen LogP contribution in [0.1, 0.15) is 28.9 Å². The largest absolute Gasteiger partial charge is 0.376 e. The summed E-state index contributed by atoms with van der Waals surface area (Å²) >= 11 is 0. The number of amides is 1. The Hall–Kier alpha value is -2.93. The minimum Gasteiger partial charge on any atom is -0.376 e. The third kappa shape index (κ3) is 3.50. The predicted molar refractivity (Wildman–Crippen MR) is 98.9 cm³/mol. The fraction of sp³-hybridized carbons (Fsp3) is 0.300. The number of nitrogens with zero attached hydrogens (tertiary/aromatic N) is 3. The molecule has 140 valence electrons. The fourth-order valence-electron chi connectivity index (χ4n) is 3.36.